The summed E-state index contributed by atoms with van der Waals surface area (Å²) in [6, 6.07) is 15.2. The van der Waals surface area contributed by atoms with Crippen molar-refractivity contribution in [1.82, 2.24) is 14.9 Å². The van der Waals surface area contributed by atoms with Crippen LogP contribution in [0.15, 0.2) is 53.3 Å². The van der Waals surface area contributed by atoms with E-state index in [1.807, 2.05) is 48.5 Å². The van der Waals surface area contributed by atoms with Crippen LogP contribution in [0.4, 0.5) is 0 Å². The second-order valence-corrected chi connectivity index (χ2v) is 7.55. The van der Waals surface area contributed by atoms with Crippen LogP contribution in [0.25, 0.3) is 11.0 Å². The number of rotatable bonds is 7. The molecule has 0 radical (unpaired) electrons. The number of nitrogens with one attached hydrogen (secondary N) is 2. The summed E-state index contributed by atoms with van der Waals surface area (Å²) in [6.45, 7) is 1.11. The summed E-state index contributed by atoms with van der Waals surface area (Å²) in [5, 5.41) is 3.73. The summed E-state index contributed by atoms with van der Waals surface area (Å²) in [5.74, 6) is 0.367. The normalized spacial score (nSPS) is 15.0. The molecule has 1 saturated carbocycles. The van der Waals surface area contributed by atoms with Gasteiger partial charge in [0.2, 0.25) is 5.91 Å². The fraction of sp³-hybridized carbons (Fsp3) is 0.333. The highest BCUT2D eigenvalue weighted by Gasteiger charge is 2.37. The molecule has 4 rings (SSSR count). The third kappa shape index (κ3) is 3.93. The fourth-order valence-corrected chi connectivity index (χ4v) is 3.75. The van der Waals surface area contributed by atoms with E-state index in [0.717, 1.165) is 29.4 Å². The van der Waals surface area contributed by atoms with Gasteiger partial charge in [0.05, 0.1) is 17.0 Å². The second-order valence-electron chi connectivity index (χ2n) is 7.11. The summed E-state index contributed by atoms with van der Waals surface area (Å²) in [7, 11) is 0. The molecular weight excluding hydrogens is 362 g/mol. The first-order chi connectivity index (χ1) is 13.1. The number of carbonyl (C=O) groups is 1. The third-order valence-corrected chi connectivity index (χ3v) is 5.40. The van der Waals surface area contributed by atoms with Crippen LogP contribution in [0, 0.1) is 5.92 Å². The molecule has 1 fully saturated rings. The van der Waals surface area contributed by atoms with Gasteiger partial charge in [-0.05, 0) is 55.0 Å². The van der Waals surface area contributed by atoms with Crippen molar-refractivity contribution < 1.29 is 4.79 Å². The number of para-hydroxylation sites is 2. The summed E-state index contributed by atoms with van der Waals surface area (Å²) in [5.41, 5.74) is 2.64. The van der Waals surface area contributed by atoms with E-state index >= 15 is 0 Å². The number of amides is 1. The molecule has 5 nitrogen and oxygen atoms in total. The van der Waals surface area contributed by atoms with Crippen molar-refractivity contribution in [2.75, 3.05) is 6.54 Å². The van der Waals surface area contributed by atoms with E-state index in [2.05, 4.69) is 10.3 Å². The summed E-state index contributed by atoms with van der Waals surface area (Å²) in [4.78, 5) is 27.7. The average Bonchev–Trinajstić information content (AvgIpc) is 3.44. The minimum absolute atomic E-state index is 0.0612. The van der Waals surface area contributed by atoms with E-state index in [1.165, 1.54) is 0 Å². The number of aromatic nitrogens is 2. The standard InChI is InChI=1S/C21H22ClN3O2/c22-16-10-8-15(9-11-16)19(14-6-7-14)20(26)23-12-3-13-25-18-5-2-1-4-17(18)24-21(25)27/h1-2,4-5,8-11,14,19H,3,6-7,12-13H2,(H,23,26)(H,24,27). The maximum atomic E-state index is 12.7. The summed E-state index contributed by atoms with van der Waals surface area (Å²) < 4.78 is 1.72. The smallest absolute Gasteiger partial charge is 0.326 e. The zero-order chi connectivity index (χ0) is 18.8. The molecule has 0 spiro atoms. The van der Waals surface area contributed by atoms with E-state index < -0.39 is 0 Å². The van der Waals surface area contributed by atoms with E-state index in [4.69, 9.17) is 11.6 Å². The fourth-order valence-electron chi connectivity index (χ4n) is 3.62. The van der Waals surface area contributed by atoms with Crippen molar-refractivity contribution in [2.45, 2.75) is 31.7 Å². The monoisotopic (exact) mass is 383 g/mol. The van der Waals surface area contributed by atoms with Gasteiger partial charge in [-0.15, -0.1) is 0 Å². The first-order valence-electron chi connectivity index (χ1n) is 9.34. The largest absolute Gasteiger partial charge is 0.355 e. The quantitative estimate of drug-likeness (QED) is 0.611. The number of fused-ring (bicyclic) bond motifs is 1. The molecule has 0 bridgehead atoms. The van der Waals surface area contributed by atoms with Crippen LogP contribution in [0.1, 0.15) is 30.7 Å². The lowest BCUT2D eigenvalue weighted by Crippen LogP contribution is -2.32. The molecule has 140 valence electrons. The van der Waals surface area contributed by atoms with Gasteiger partial charge < -0.3 is 10.3 Å². The molecule has 1 amide bonds. The lowest BCUT2D eigenvalue weighted by atomic mass is 9.93. The van der Waals surface area contributed by atoms with Gasteiger partial charge >= 0.3 is 5.69 Å². The summed E-state index contributed by atoms with van der Waals surface area (Å²) in [6.07, 6.45) is 2.88. The number of imidazole rings is 1. The Morgan fingerprint density at radius 1 is 1.19 bits per heavy atom. The van der Waals surface area contributed by atoms with Gasteiger partial charge in [0, 0.05) is 18.1 Å². The maximum absolute atomic E-state index is 12.7. The number of carbonyl (C=O) groups excluding carboxylic acids is 1. The number of aromatic amines is 1. The number of hydrogen-bond acceptors (Lipinski definition) is 2. The Bertz CT molecular complexity index is 1000. The molecule has 3 aromatic rings. The molecule has 0 aliphatic heterocycles. The maximum Gasteiger partial charge on any atom is 0.326 e. The van der Waals surface area contributed by atoms with Crippen molar-refractivity contribution in [3.63, 3.8) is 0 Å². The van der Waals surface area contributed by atoms with Crippen LogP contribution in [-0.2, 0) is 11.3 Å². The van der Waals surface area contributed by atoms with Gasteiger partial charge in [-0.1, -0.05) is 35.9 Å². The van der Waals surface area contributed by atoms with Crippen molar-refractivity contribution in [2.24, 2.45) is 5.92 Å². The van der Waals surface area contributed by atoms with Crippen molar-refractivity contribution >= 4 is 28.5 Å². The molecule has 2 aromatic carbocycles. The topological polar surface area (TPSA) is 66.9 Å². The molecule has 27 heavy (non-hydrogen) atoms. The highest BCUT2D eigenvalue weighted by atomic mass is 35.5. The minimum Gasteiger partial charge on any atom is -0.355 e. The molecule has 1 heterocycles. The Balaban J connectivity index is 1.36. The first-order valence-corrected chi connectivity index (χ1v) is 9.72. The Kier molecular flexibility index (Phi) is 5.03. The number of nitrogens with zero attached hydrogens (tertiary/aromatic N) is 1. The predicted molar refractivity (Wildman–Crippen MR) is 107 cm³/mol. The number of H-pyrrole nitrogens is 1. The molecule has 1 unspecified atom stereocenters. The SMILES string of the molecule is O=C(NCCCn1c(=O)[nH]c2ccccc21)C(c1ccc(Cl)cc1)C1CC1. The molecule has 0 saturated heterocycles. The van der Waals surface area contributed by atoms with Gasteiger partial charge in [-0.25, -0.2) is 4.79 Å². The molecule has 1 atom stereocenters. The average molecular weight is 384 g/mol. The predicted octanol–water partition coefficient (Wildman–Crippen LogP) is 3.68. The Morgan fingerprint density at radius 3 is 2.67 bits per heavy atom. The minimum atomic E-state index is -0.113. The van der Waals surface area contributed by atoms with Gasteiger partial charge in [0.25, 0.3) is 0 Å². The van der Waals surface area contributed by atoms with Crippen LogP contribution >= 0.6 is 11.6 Å². The van der Waals surface area contributed by atoms with E-state index in [-0.39, 0.29) is 17.5 Å². The zero-order valence-electron chi connectivity index (χ0n) is 15.0. The number of aryl methyl sites for hydroxylation is 1. The highest BCUT2D eigenvalue weighted by Crippen LogP contribution is 2.42. The Hall–Kier alpha value is -2.53. The number of halogens is 1. The van der Waals surface area contributed by atoms with Crippen LogP contribution in [0.5, 0.6) is 0 Å². The van der Waals surface area contributed by atoms with Gasteiger partial charge in [0.15, 0.2) is 0 Å². The number of benzene rings is 2. The third-order valence-electron chi connectivity index (χ3n) is 5.14. The molecule has 6 heteroatoms. The lowest BCUT2D eigenvalue weighted by Gasteiger charge is -2.17. The van der Waals surface area contributed by atoms with Crippen LogP contribution < -0.4 is 11.0 Å². The molecular formula is C21H22ClN3O2. The Morgan fingerprint density at radius 2 is 1.93 bits per heavy atom. The van der Waals surface area contributed by atoms with Crippen LogP contribution in [-0.4, -0.2) is 22.0 Å². The lowest BCUT2D eigenvalue weighted by molar-refractivity contribution is -0.123. The van der Waals surface area contributed by atoms with Gasteiger partial charge in [-0.2, -0.15) is 0 Å². The number of hydrogen-bond donors (Lipinski definition) is 2. The zero-order valence-corrected chi connectivity index (χ0v) is 15.7. The van der Waals surface area contributed by atoms with Gasteiger partial charge in [-0.3, -0.25) is 9.36 Å². The highest BCUT2D eigenvalue weighted by molar-refractivity contribution is 6.30. The van der Waals surface area contributed by atoms with E-state index in [1.54, 1.807) is 4.57 Å². The second kappa shape index (κ2) is 7.61. The van der Waals surface area contributed by atoms with E-state index in [9.17, 15) is 9.59 Å². The van der Waals surface area contributed by atoms with Crippen molar-refractivity contribution in [3.05, 3.63) is 69.6 Å². The summed E-state index contributed by atoms with van der Waals surface area (Å²) >= 11 is 5.97. The van der Waals surface area contributed by atoms with Crippen LogP contribution in [0.3, 0.4) is 0 Å². The van der Waals surface area contributed by atoms with Crippen molar-refractivity contribution in [3.8, 4) is 0 Å². The molecule has 2 N–H and O–H groups in total. The first kappa shape index (κ1) is 17.9. The van der Waals surface area contributed by atoms with Crippen molar-refractivity contribution in [1.29, 1.82) is 0 Å². The van der Waals surface area contributed by atoms with Gasteiger partial charge in [0.1, 0.15) is 0 Å². The Labute approximate surface area is 162 Å². The molecule has 1 aromatic heterocycles. The molecule has 1 aliphatic carbocycles. The van der Waals surface area contributed by atoms with E-state index in [0.29, 0.717) is 30.5 Å². The van der Waals surface area contributed by atoms with Crippen LogP contribution in [0.2, 0.25) is 5.02 Å². The molecule has 1 aliphatic rings.